The van der Waals surface area contributed by atoms with Crippen LogP contribution in [0.5, 0.6) is 5.88 Å². The number of aliphatic hydroxyl groups excluding tert-OH is 1. The van der Waals surface area contributed by atoms with E-state index in [1.807, 2.05) is 13.8 Å². The minimum atomic E-state index is -0.549. The number of rotatable bonds is 4. The van der Waals surface area contributed by atoms with Crippen LogP contribution in [0.3, 0.4) is 0 Å². The van der Waals surface area contributed by atoms with Gasteiger partial charge in [-0.25, -0.2) is 4.98 Å². The molecule has 0 unspecified atom stereocenters. The minimum Gasteiger partial charge on any atom is -0.474 e. The van der Waals surface area contributed by atoms with Gasteiger partial charge >= 0.3 is 0 Å². The van der Waals surface area contributed by atoms with Crippen molar-refractivity contribution in [3.8, 4) is 5.88 Å². The predicted molar refractivity (Wildman–Crippen MR) is 58.4 cm³/mol. The topological polar surface area (TPSA) is 73.7 Å². The maximum atomic E-state index is 8.91. The standard InChI is InChI=1S/C11H16N2O4/c1-11(2)16-7-9(17-11)6-15-10-4-12-3-8(5-14)13-10/h3-4,9,14H,5-7H2,1-2H3/t9-/m1/s1. The molecule has 94 valence electrons. The zero-order valence-corrected chi connectivity index (χ0v) is 9.92. The molecule has 0 aliphatic carbocycles. The van der Waals surface area contributed by atoms with Crippen LogP contribution in [0.2, 0.25) is 0 Å². The van der Waals surface area contributed by atoms with Gasteiger partial charge in [0.2, 0.25) is 5.88 Å². The lowest BCUT2D eigenvalue weighted by Crippen LogP contribution is -2.25. The third-order valence-corrected chi connectivity index (χ3v) is 2.31. The van der Waals surface area contributed by atoms with Crippen LogP contribution in [0.1, 0.15) is 19.5 Å². The minimum absolute atomic E-state index is 0.107. The van der Waals surface area contributed by atoms with Crippen LogP contribution in [0.4, 0.5) is 0 Å². The summed E-state index contributed by atoms with van der Waals surface area (Å²) in [7, 11) is 0. The molecule has 1 aliphatic heterocycles. The summed E-state index contributed by atoms with van der Waals surface area (Å²) in [6, 6.07) is 0. The van der Waals surface area contributed by atoms with E-state index in [1.54, 1.807) is 0 Å². The van der Waals surface area contributed by atoms with Gasteiger partial charge in [-0.2, -0.15) is 0 Å². The van der Waals surface area contributed by atoms with Crippen LogP contribution in [0.15, 0.2) is 12.4 Å². The second kappa shape index (κ2) is 4.95. The third-order valence-electron chi connectivity index (χ3n) is 2.31. The van der Waals surface area contributed by atoms with Crippen LogP contribution >= 0.6 is 0 Å². The van der Waals surface area contributed by atoms with Gasteiger partial charge in [-0.05, 0) is 13.8 Å². The Morgan fingerprint density at radius 3 is 3.00 bits per heavy atom. The highest BCUT2D eigenvalue weighted by atomic mass is 16.7. The molecule has 0 radical (unpaired) electrons. The van der Waals surface area contributed by atoms with E-state index in [1.165, 1.54) is 12.4 Å². The van der Waals surface area contributed by atoms with Crippen molar-refractivity contribution in [3.63, 3.8) is 0 Å². The smallest absolute Gasteiger partial charge is 0.232 e. The average molecular weight is 240 g/mol. The summed E-state index contributed by atoms with van der Waals surface area (Å²) in [5.74, 6) is -0.169. The van der Waals surface area contributed by atoms with Crippen molar-refractivity contribution in [1.82, 2.24) is 9.97 Å². The molecule has 0 amide bonds. The number of hydrogen-bond acceptors (Lipinski definition) is 6. The van der Waals surface area contributed by atoms with Crippen molar-refractivity contribution in [1.29, 1.82) is 0 Å². The van der Waals surface area contributed by atoms with Gasteiger partial charge in [0.15, 0.2) is 5.79 Å². The maximum Gasteiger partial charge on any atom is 0.232 e. The van der Waals surface area contributed by atoms with Crippen LogP contribution in [0.25, 0.3) is 0 Å². The van der Waals surface area contributed by atoms with Gasteiger partial charge < -0.3 is 19.3 Å². The van der Waals surface area contributed by atoms with Gasteiger partial charge in [0.1, 0.15) is 12.7 Å². The fourth-order valence-electron chi connectivity index (χ4n) is 1.56. The van der Waals surface area contributed by atoms with Crippen LogP contribution in [-0.2, 0) is 16.1 Å². The van der Waals surface area contributed by atoms with E-state index in [9.17, 15) is 0 Å². The number of aliphatic hydroxyl groups is 1. The molecule has 1 aliphatic rings. The first kappa shape index (κ1) is 12.2. The molecule has 0 bridgehead atoms. The summed E-state index contributed by atoms with van der Waals surface area (Å²) < 4.78 is 16.4. The van der Waals surface area contributed by atoms with Crippen LogP contribution in [0, 0.1) is 0 Å². The SMILES string of the molecule is CC1(C)OC[C@@H](COc2cncc(CO)n2)O1. The number of aromatic nitrogens is 2. The van der Waals surface area contributed by atoms with E-state index in [-0.39, 0.29) is 12.7 Å². The van der Waals surface area contributed by atoms with E-state index < -0.39 is 5.79 Å². The summed E-state index contributed by atoms with van der Waals surface area (Å²) >= 11 is 0. The van der Waals surface area contributed by atoms with Crippen molar-refractivity contribution in [3.05, 3.63) is 18.1 Å². The summed E-state index contributed by atoms with van der Waals surface area (Å²) in [5.41, 5.74) is 0.478. The fourth-order valence-corrected chi connectivity index (χ4v) is 1.56. The monoisotopic (exact) mass is 240 g/mol. The first-order valence-corrected chi connectivity index (χ1v) is 5.45. The summed E-state index contributed by atoms with van der Waals surface area (Å²) in [6.07, 6.45) is 2.88. The summed E-state index contributed by atoms with van der Waals surface area (Å²) in [6.45, 7) is 4.42. The lowest BCUT2D eigenvalue weighted by atomic mass is 10.4. The highest BCUT2D eigenvalue weighted by Gasteiger charge is 2.33. The Balaban J connectivity index is 1.86. The van der Waals surface area contributed by atoms with Gasteiger partial charge in [0.25, 0.3) is 0 Å². The maximum absolute atomic E-state index is 8.91. The molecule has 2 heterocycles. The second-order valence-electron chi connectivity index (χ2n) is 4.27. The second-order valence-corrected chi connectivity index (χ2v) is 4.27. The van der Waals surface area contributed by atoms with E-state index in [2.05, 4.69) is 9.97 Å². The van der Waals surface area contributed by atoms with Crippen LogP contribution < -0.4 is 4.74 Å². The molecular weight excluding hydrogens is 224 g/mol. The Morgan fingerprint density at radius 1 is 1.53 bits per heavy atom. The van der Waals surface area contributed by atoms with Crippen molar-refractivity contribution in [2.45, 2.75) is 32.3 Å². The average Bonchev–Trinajstić information content (AvgIpc) is 2.67. The predicted octanol–water partition coefficient (Wildman–Crippen LogP) is 0.499. The fraction of sp³-hybridized carbons (Fsp3) is 0.636. The normalized spacial score (nSPS) is 22.6. The lowest BCUT2D eigenvalue weighted by molar-refractivity contribution is -0.141. The molecule has 17 heavy (non-hydrogen) atoms. The zero-order valence-electron chi connectivity index (χ0n) is 9.92. The number of nitrogens with zero attached hydrogens (tertiary/aromatic N) is 2. The molecule has 1 aromatic rings. The zero-order chi connectivity index (χ0) is 12.3. The third kappa shape index (κ3) is 3.36. The highest BCUT2D eigenvalue weighted by molar-refractivity contribution is 5.07. The van der Waals surface area contributed by atoms with Gasteiger partial charge in [-0.15, -0.1) is 0 Å². The Labute approximate surface area is 99.6 Å². The molecule has 6 nitrogen and oxygen atoms in total. The largest absolute Gasteiger partial charge is 0.474 e. The first-order valence-electron chi connectivity index (χ1n) is 5.45. The van der Waals surface area contributed by atoms with Gasteiger partial charge in [0, 0.05) is 0 Å². The van der Waals surface area contributed by atoms with Crippen molar-refractivity contribution in [2.75, 3.05) is 13.2 Å². The van der Waals surface area contributed by atoms with E-state index in [0.29, 0.717) is 24.8 Å². The highest BCUT2D eigenvalue weighted by Crippen LogP contribution is 2.22. The summed E-state index contributed by atoms with van der Waals surface area (Å²) in [5, 5.41) is 8.91. The van der Waals surface area contributed by atoms with Gasteiger partial charge in [0.05, 0.1) is 31.3 Å². The van der Waals surface area contributed by atoms with Crippen molar-refractivity contribution < 1.29 is 19.3 Å². The molecule has 1 N–H and O–H groups in total. The van der Waals surface area contributed by atoms with Gasteiger partial charge in [-0.1, -0.05) is 0 Å². The van der Waals surface area contributed by atoms with Crippen LogP contribution in [-0.4, -0.2) is 40.2 Å². The Morgan fingerprint density at radius 2 is 2.35 bits per heavy atom. The molecule has 1 aromatic heterocycles. The molecule has 0 spiro atoms. The molecule has 6 heteroatoms. The van der Waals surface area contributed by atoms with E-state index >= 15 is 0 Å². The Bertz CT molecular complexity index is 383. The quantitative estimate of drug-likeness (QED) is 0.826. The number of ether oxygens (including phenoxy) is 3. The Hall–Kier alpha value is -1.24. The first-order chi connectivity index (χ1) is 8.09. The van der Waals surface area contributed by atoms with E-state index in [0.717, 1.165) is 0 Å². The molecule has 0 aromatic carbocycles. The molecule has 2 rings (SSSR count). The molecule has 0 saturated carbocycles. The molecule has 1 saturated heterocycles. The van der Waals surface area contributed by atoms with E-state index in [4.69, 9.17) is 19.3 Å². The lowest BCUT2D eigenvalue weighted by Gasteiger charge is -2.17. The van der Waals surface area contributed by atoms with Crippen molar-refractivity contribution in [2.24, 2.45) is 0 Å². The van der Waals surface area contributed by atoms with Gasteiger partial charge in [-0.3, -0.25) is 4.98 Å². The molecule has 1 atom stereocenters. The van der Waals surface area contributed by atoms with Crippen molar-refractivity contribution >= 4 is 0 Å². The molecular formula is C11H16N2O4. The number of hydrogen-bond donors (Lipinski definition) is 1. The molecule has 1 fully saturated rings. The summed E-state index contributed by atoms with van der Waals surface area (Å²) in [4.78, 5) is 7.97. The Kier molecular flexibility index (Phi) is 3.56.